The molecule has 6 heteroatoms. The third-order valence-electron chi connectivity index (χ3n) is 4.04. The Balaban J connectivity index is 1.64. The number of carbonyl (C=O) groups excluding carboxylic acids is 1. The highest BCUT2D eigenvalue weighted by Crippen LogP contribution is 2.20. The SMILES string of the molecule is Cc1ccc(C)c(Nc2ncc(C(=O)Nc3ccc(OC(C)C)cc3)cn2)c1. The van der Waals surface area contributed by atoms with Crippen molar-refractivity contribution in [3.8, 4) is 5.75 Å². The van der Waals surface area contributed by atoms with Gasteiger partial charge in [-0.2, -0.15) is 0 Å². The fourth-order valence-electron chi connectivity index (χ4n) is 2.59. The molecule has 0 bridgehead atoms. The summed E-state index contributed by atoms with van der Waals surface area (Å²) >= 11 is 0. The number of hydrogen-bond donors (Lipinski definition) is 2. The van der Waals surface area contributed by atoms with Gasteiger partial charge in [0.15, 0.2) is 0 Å². The van der Waals surface area contributed by atoms with E-state index in [9.17, 15) is 4.79 Å². The van der Waals surface area contributed by atoms with Crippen LogP contribution in [-0.4, -0.2) is 22.0 Å². The molecule has 0 aliphatic carbocycles. The zero-order valence-electron chi connectivity index (χ0n) is 16.5. The van der Waals surface area contributed by atoms with Crippen molar-refractivity contribution in [1.29, 1.82) is 0 Å². The van der Waals surface area contributed by atoms with E-state index in [0.29, 0.717) is 17.2 Å². The molecule has 2 N–H and O–H groups in total. The van der Waals surface area contributed by atoms with Crippen LogP contribution in [0.1, 0.15) is 35.3 Å². The molecular formula is C22H24N4O2. The van der Waals surface area contributed by atoms with Gasteiger partial charge in [0.2, 0.25) is 5.95 Å². The minimum absolute atomic E-state index is 0.105. The number of aryl methyl sites for hydroxylation is 2. The quantitative estimate of drug-likeness (QED) is 0.641. The van der Waals surface area contributed by atoms with Crippen molar-refractivity contribution in [3.05, 3.63) is 71.5 Å². The van der Waals surface area contributed by atoms with E-state index < -0.39 is 0 Å². The highest BCUT2D eigenvalue weighted by Gasteiger charge is 2.09. The predicted molar refractivity (Wildman–Crippen MR) is 111 cm³/mol. The number of hydrogen-bond acceptors (Lipinski definition) is 5. The van der Waals surface area contributed by atoms with E-state index in [1.807, 2.05) is 52.0 Å². The maximum absolute atomic E-state index is 12.4. The molecule has 0 unspecified atom stereocenters. The number of nitrogens with one attached hydrogen (secondary N) is 2. The smallest absolute Gasteiger partial charge is 0.258 e. The zero-order chi connectivity index (χ0) is 20.1. The third-order valence-corrected chi connectivity index (χ3v) is 4.04. The average Bonchev–Trinajstić information content (AvgIpc) is 2.66. The van der Waals surface area contributed by atoms with Crippen LogP contribution in [0.5, 0.6) is 5.75 Å². The van der Waals surface area contributed by atoms with Gasteiger partial charge in [0, 0.05) is 23.8 Å². The summed E-state index contributed by atoms with van der Waals surface area (Å²) in [5, 5.41) is 6.01. The number of anilines is 3. The highest BCUT2D eigenvalue weighted by atomic mass is 16.5. The minimum Gasteiger partial charge on any atom is -0.491 e. The topological polar surface area (TPSA) is 76.1 Å². The Hall–Kier alpha value is -3.41. The van der Waals surface area contributed by atoms with Gasteiger partial charge in [-0.05, 0) is 69.2 Å². The van der Waals surface area contributed by atoms with Crippen LogP contribution < -0.4 is 15.4 Å². The van der Waals surface area contributed by atoms with Gasteiger partial charge in [0.1, 0.15) is 5.75 Å². The summed E-state index contributed by atoms with van der Waals surface area (Å²) in [5.74, 6) is 0.939. The first-order valence-corrected chi connectivity index (χ1v) is 9.15. The van der Waals surface area contributed by atoms with Crippen LogP contribution in [0, 0.1) is 13.8 Å². The van der Waals surface area contributed by atoms with Crippen LogP contribution in [0.3, 0.4) is 0 Å². The van der Waals surface area contributed by atoms with E-state index in [-0.39, 0.29) is 12.0 Å². The maximum atomic E-state index is 12.4. The molecule has 6 nitrogen and oxygen atoms in total. The minimum atomic E-state index is -0.268. The van der Waals surface area contributed by atoms with Gasteiger partial charge in [0.25, 0.3) is 5.91 Å². The molecule has 0 aliphatic rings. The number of carbonyl (C=O) groups is 1. The van der Waals surface area contributed by atoms with Gasteiger partial charge in [-0.25, -0.2) is 9.97 Å². The first-order valence-electron chi connectivity index (χ1n) is 9.15. The number of ether oxygens (including phenoxy) is 1. The first kappa shape index (κ1) is 19.4. The van der Waals surface area contributed by atoms with E-state index >= 15 is 0 Å². The largest absolute Gasteiger partial charge is 0.491 e. The molecule has 3 aromatic rings. The Kier molecular flexibility index (Phi) is 5.89. The zero-order valence-corrected chi connectivity index (χ0v) is 16.5. The number of nitrogens with zero attached hydrogens (tertiary/aromatic N) is 2. The van der Waals surface area contributed by atoms with Crippen LogP contribution in [0.4, 0.5) is 17.3 Å². The molecule has 1 heterocycles. The standard InChI is InChI=1S/C22H24N4O2/c1-14(2)28-19-9-7-18(8-10-19)25-21(27)17-12-23-22(24-13-17)26-20-11-15(3)5-6-16(20)4/h5-14H,1-4H3,(H,25,27)(H,23,24,26). The summed E-state index contributed by atoms with van der Waals surface area (Å²) in [6, 6.07) is 13.4. The average molecular weight is 376 g/mol. The van der Waals surface area contributed by atoms with Crippen LogP contribution >= 0.6 is 0 Å². The molecule has 0 atom stereocenters. The number of aromatic nitrogens is 2. The van der Waals surface area contributed by atoms with E-state index in [4.69, 9.17) is 4.74 Å². The maximum Gasteiger partial charge on any atom is 0.258 e. The van der Waals surface area contributed by atoms with Gasteiger partial charge in [-0.15, -0.1) is 0 Å². The van der Waals surface area contributed by atoms with Crippen molar-refractivity contribution in [2.45, 2.75) is 33.8 Å². The first-order chi connectivity index (χ1) is 13.4. The van der Waals surface area contributed by atoms with Crippen LogP contribution in [0.25, 0.3) is 0 Å². The lowest BCUT2D eigenvalue weighted by Gasteiger charge is -2.11. The Labute approximate surface area is 165 Å². The number of benzene rings is 2. The van der Waals surface area contributed by atoms with Gasteiger partial charge >= 0.3 is 0 Å². The summed E-state index contributed by atoms with van der Waals surface area (Å²) in [5.41, 5.74) is 4.25. The molecule has 0 spiro atoms. The fourth-order valence-corrected chi connectivity index (χ4v) is 2.59. The van der Waals surface area contributed by atoms with Crippen LogP contribution in [0.15, 0.2) is 54.9 Å². The summed E-state index contributed by atoms with van der Waals surface area (Å²) < 4.78 is 5.60. The van der Waals surface area contributed by atoms with E-state index in [1.165, 1.54) is 12.4 Å². The second-order valence-electron chi connectivity index (χ2n) is 6.88. The van der Waals surface area contributed by atoms with E-state index in [0.717, 1.165) is 22.6 Å². The summed E-state index contributed by atoms with van der Waals surface area (Å²) in [7, 11) is 0. The molecule has 0 radical (unpaired) electrons. The summed E-state index contributed by atoms with van der Waals surface area (Å²) in [6.07, 6.45) is 3.12. The van der Waals surface area contributed by atoms with E-state index in [1.54, 1.807) is 12.1 Å². The lowest BCUT2D eigenvalue weighted by Crippen LogP contribution is -2.13. The molecule has 1 aromatic heterocycles. The molecule has 2 aromatic carbocycles. The van der Waals surface area contributed by atoms with Crippen molar-refractivity contribution >= 4 is 23.2 Å². The molecule has 3 rings (SSSR count). The fraction of sp³-hybridized carbons (Fsp3) is 0.227. The highest BCUT2D eigenvalue weighted by molar-refractivity contribution is 6.03. The van der Waals surface area contributed by atoms with Gasteiger partial charge in [-0.1, -0.05) is 12.1 Å². The third kappa shape index (κ3) is 5.07. The molecule has 0 saturated heterocycles. The normalized spacial score (nSPS) is 10.6. The summed E-state index contributed by atoms with van der Waals surface area (Å²) in [4.78, 5) is 20.9. The lowest BCUT2D eigenvalue weighted by atomic mass is 10.1. The van der Waals surface area contributed by atoms with Crippen molar-refractivity contribution in [2.24, 2.45) is 0 Å². The van der Waals surface area contributed by atoms with Crippen LogP contribution in [0.2, 0.25) is 0 Å². The van der Waals surface area contributed by atoms with E-state index in [2.05, 4.69) is 26.7 Å². The van der Waals surface area contributed by atoms with Gasteiger partial charge in [0.05, 0.1) is 11.7 Å². The van der Waals surface area contributed by atoms with Crippen molar-refractivity contribution in [2.75, 3.05) is 10.6 Å². The van der Waals surface area contributed by atoms with Crippen LogP contribution in [-0.2, 0) is 0 Å². The second-order valence-corrected chi connectivity index (χ2v) is 6.88. The number of amides is 1. The lowest BCUT2D eigenvalue weighted by molar-refractivity contribution is 0.102. The summed E-state index contributed by atoms with van der Waals surface area (Å²) in [6.45, 7) is 7.98. The predicted octanol–water partition coefficient (Wildman–Crippen LogP) is 4.88. The Bertz CT molecular complexity index is 951. The second kappa shape index (κ2) is 8.52. The van der Waals surface area contributed by atoms with Gasteiger partial charge < -0.3 is 15.4 Å². The molecule has 0 aliphatic heterocycles. The molecule has 1 amide bonds. The molecule has 144 valence electrons. The van der Waals surface area contributed by atoms with Crippen molar-refractivity contribution in [3.63, 3.8) is 0 Å². The Morgan fingerprint density at radius 2 is 1.68 bits per heavy atom. The monoisotopic (exact) mass is 376 g/mol. The van der Waals surface area contributed by atoms with Gasteiger partial charge in [-0.3, -0.25) is 4.79 Å². The molecule has 28 heavy (non-hydrogen) atoms. The number of rotatable bonds is 6. The van der Waals surface area contributed by atoms with Crippen molar-refractivity contribution in [1.82, 2.24) is 9.97 Å². The molecular weight excluding hydrogens is 352 g/mol. The van der Waals surface area contributed by atoms with Crippen molar-refractivity contribution < 1.29 is 9.53 Å². The Morgan fingerprint density at radius 1 is 1.00 bits per heavy atom. The Morgan fingerprint density at radius 3 is 2.32 bits per heavy atom. The molecule has 0 fully saturated rings. The molecule has 0 saturated carbocycles.